The Bertz CT molecular complexity index is 551. The number of hydrogen-bond acceptors (Lipinski definition) is 4. The molecule has 3 nitrogen and oxygen atoms in total. The lowest BCUT2D eigenvalue weighted by molar-refractivity contribution is 0.349. The monoisotopic (exact) mass is 277 g/mol. The minimum absolute atomic E-state index is 0.108. The molecule has 2 rings (SSSR count). The van der Waals surface area contributed by atoms with Gasteiger partial charge in [0.2, 0.25) is 0 Å². The van der Waals surface area contributed by atoms with Crippen molar-refractivity contribution in [1.82, 2.24) is 5.32 Å². The summed E-state index contributed by atoms with van der Waals surface area (Å²) in [5, 5.41) is 5.47. The second-order valence-corrected chi connectivity index (χ2v) is 5.36. The lowest BCUT2D eigenvalue weighted by Gasteiger charge is -2.21. The van der Waals surface area contributed by atoms with Crippen molar-refractivity contribution in [2.75, 3.05) is 21.3 Å². The first-order chi connectivity index (χ1) is 9.22. The average molecular weight is 277 g/mol. The maximum Gasteiger partial charge on any atom is 0.165 e. The molecule has 1 unspecified atom stereocenters. The van der Waals surface area contributed by atoms with Crippen molar-refractivity contribution < 1.29 is 9.47 Å². The van der Waals surface area contributed by atoms with Gasteiger partial charge in [-0.3, -0.25) is 0 Å². The molecular formula is C15H19NO2S. The highest BCUT2D eigenvalue weighted by atomic mass is 32.1. The van der Waals surface area contributed by atoms with E-state index in [1.165, 1.54) is 10.4 Å². The van der Waals surface area contributed by atoms with Crippen LogP contribution in [0.25, 0.3) is 0 Å². The first-order valence-electron chi connectivity index (χ1n) is 6.15. The minimum atomic E-state index is 0.108. The van der Waals surface area contributed by atoms with Crippen molar-refractivity contribution in [2.45, 2.75) is 13.0 Å². The van der Waals surface area contributed by atoms with Gasteiger partial charge in [0.1, 0.15) is 0 Å². The number of benzene rings is 1. The summed E-state index contributed by atoms with van der Waals surface area (Å²) in [5.74, 6) is 1.54. The van der Waals surface area contributed by atoms with Crippen LogP contribution in [-0.4, -0.2) is 21.3 Å². The largest absolute Gasteiger partial charge is 0.493 e. The summed E-state index contributed by atoms with van der Waals surface area (Å²) in [4.78, 5) is 1.31. The van der Waals surface area contributed by atoms with Crippen LogP contribution in [0.15, 0.2) is 29.6 Å². The molecule has 102 valence electrons. The van der Waals surface area contributed by atoms with Gasteiger partial charge in [-0.2, -0.15) is 0 Å². The van der Waals surface area contributed by atoms with Gasteiger partial charge in [0.05, 0.1) is 20.3 Å². The number of methoxy groups -OCH3 is 2. The van der Waals surface area contributed by atoms with Crippen LogP contribution in [0.3, 0.4) is 0 Å². The molecule has 0 saturated heterocycles. The standard InChI is InChI=1S/C15H19NO2S/c1-10-11(8-9-19-10)14(16-2)12-6-5-7-13(17-3)15(12)18-4/h5-9,14,16H,1-4H3. The number of thiophene rings is 1. The van der Waals surface area contributed by atoms with Crippen LogP contribution >= 0.6 is 11.3 Å². The molecule has 0 aliphatic rings. The Hall–Kier alpha value is -1.52. The minimum Gasteiger partial charge on any atom is -0.493 e. The zero-order chi connectivity index (χ0) is 13.8. The van der Waals surface area contributed by atoms with Gasteiger partial charge in [-0.1, -0.05) is 12.1 Å². The normalized spacial score (nSPS) is 12.2. The third-order valence-corrected chi connectivity index (χ3v) is 4.10. The fourth-order valence-electron chi connectivity index (χ4n) is 2.31. The molecule has 0 radical (unpaired) electrons. The molecule has 4 heteroatoms. The zero-order valence-electron chi connectivity index (χ0n) is 11.7. The van der Waals surface area contributed by atoms with Crippen molar-refractivity contribution >= 4 is 11.3 Å². The van der Waals surface area contributed by atoms with Crippen LogP contribution in [0.5, 0.6) is 11.5 Å². The summed E-state index contributed by atoms with van der Waals surface area (Å²) < 4.78 is 10.9. The highest BCUT2D eigenvalue weighted by molar-refractivity contribution is 7.10. The Balaban J connectivity index is 2.53. The molecule has 0 amide bonds. The van der Waals surface area contributed by atoms with Crippen LogP contribution in [0.2, 0.25) is 0 Å². The summed E-state index contributed by atoms with van der Waals surface area (Å²) in [7, 11) is 5.29. The Morgan fingerprint density at radius 3 is 2.42 bits per heavy atom. The highest BCUT2D eigenvalue weighted by Crippen LogP contribution is 2.38. The summed E-state index contributed by atoms with van der Waals surface area (Å²) in [6.45, 7) is 2.14. The molecule has 0 aliphatic heterocycles. The number of aryl methyl sites for hydroxylation is 1. The molecular weight excluding hydrogens is 258 g/mol. The van der Waals surface area contributed by atoms with Crippen LogP contribution in [-0.2, 0) is 0 Å². The number of para-hydroxylation sites is 1. The third kappa shape index (κ3) is 2.60. The zero-order valence-corrected chi connectivity index (χ0v) is 12.5. The maximum absolute atomic E-state index is 5.53. The maximum atomic E-state index is 5.53. The van der Waals surface area contributed by atoms with E-state index in [0.717, 1.165) is 17.1 Å². The lowest BCUT2D eigenvalue weighted by Crippen LogP contribution is -2.18. The smallest absolute Gasteiger partial charge is 0.165 e. The SMILES string of the molecule is CNC(c1ccsc1C)c1cccc(OC)c1OC. The van der Waals surface area contributed by atoms with E-state index in [0.29, 0.717) is 0 Å². The van der Waals surface area contributed by atoms with Gasteiger partial charge in [0, 0.05) is 10.4 Å². The van der Waals surface area contributed by atoms with Gasteiger partial charge >= 0.3 is 0 Å². The molecule has 1 N–H and O–H groups in total. The van der Waals surface area contributed by atoms with Gasteiger partial charge in [-0.25, -0.2) is 0 Å². The van der Waals surface area contributed by atoms with Crippen LogP contribution < -0.4 is 14.8 Å². The number of hydrogen-bond donors (Lipinski definition) is 1. The van der Waals surface area contributed by atoms with E-state index in [1.54, 1.807) is 25.6 Å². The number of rotatable bonds is 5. The first kappa shape index (κ1) is 13.9. The second kappa shape index (κ2) is 6.08. The molecule has 1 heterocycles. The lowest BCUT2D eigenvalue weighted by atomic mass is 9.98. The van der Waals surface area contributed by atoms with Gasteiger partial charge < -0.3 is 14.8 Å². The molecule has 1 aromatic heterocycles. The molecule has 1 aromatic carbocycles. The number of nitrogens with one attached hydrogen (secondary N) is 1. The van der Waals surface area contributed by atoms with Gasteiger partial charge in [-0.15, -0.1) is 11.3 Å². The van der Waals surface area contributed by atoms with E-state index in [4.69, 9.17) is 9.47 Å². The van der Waals surface area contributed by atoms with Crippen molar-refractivity contribution in [3.63, 3.8) is 0 Å². The van der Waals surface area contributed by atoms with E-state index >= 15 is 0 Å². The Morgan fingerprint density at radius 2 is 1.89 bits per heavy atom. The van der Waals surface area contributed by atoms with Crippen LogP contribution in [0, 0.1) is 6.92 Å². The molecule has 0 saturated carbocycles. The topological polar surface area (TPSA) is 30.5 Å². The van der Waals surface area contributed by atoms with E-state index in [1.807, 2.05) is 19.2 Å². The van der Waals surface area contributed by atoms with Crippen molar-refractivity contribution in [1.29, 1.82) is 0 Å². The molecule has 2 aromatic rings. The van der Waals surface area contributed by atoms with Gasteiger partial charge in [-0.05, 0) is 37.0 Å². The first-order valence-corrected chi connectivity index (χ1v) is 7.03. The highest BCUT2D eigenvalue weighted by Gasteiger charge is 2.21. The quantitative estimate of drug-likeness (QED) is 0.909. The van der Waals surface area contributed by atoms with E-state index in [-0.39, 0.29) is 6.04 Å². The summed E-state index contributed by atoms with van der Waals surface area (Å²) in [6, 6.07) is 8.23. The molecule has 19 heavy (non-hydrogen) atoms. The van der Waals surface area contributed by atoms with E-state index in [2.05, 4.69) is 29.8 Å². The number of ether oxygens (including phenoxy) is 2. The average Bonchev–Trinajstić information content (AvgIpc) is 2.85. The molecule has 0 spiro atoms. The van der Waals surface area contributed by atoms with Crippen molar-refractivity contribution in [2.24, 2.45) is 0 Å². The second-order valence-electron chi connectivity index (χ2n) is 4.24. The molecule has 0 fully saturated rings. The molecule has 0 aliphatic carbocycles. The van der Waals surface area contributed by atoms with Gasteiger partial charge in [0.15, 0.2) is 11.5 Å². The van der Waals surface area contributed by atoms with Gasteiger partial charge in [0.25, 0.3) is 0 Å². The fourth-order valence-corrected chi connectivity index (χ4v) is 3.05. The van der Waals surface area contributed by atoms with Crippen molar-refractivity contribution in [3.8, 4) is 11.5 Å². The van der Waals surface area contributed by atoms with Crippen molar-refractivity contribution in [3.05, 3.63) is 45.6 Å². The summed E-state index contributed by atoms with van der Waals surface area (Å²) in [5.41, 5.74) is 2.37. The Kier molecular flexibility index (Phi) is 4.45. The fraction of sp³-hybridized carbons (Fsp3) is 0.333. The Labute approximate surface area is 118 Å². The molecule has 0 bridgehead atoms. The molecule has 1 atom stereocenters. The summed E-state index contributed by atoms with van der Waals surface area (Å²) >= 11 is 1.75. The van der Waals surface area contributed by atoms with Crippen LogP contribution in [0.4, 0.5) is 0 Å². The van der Waals surface area contributed by atoms with E-state index < -0.39 is 0 Å². The predicted octanol–water partition coefficient (Wildman–Crippen LogP) is 3.38. The Morgan fingerprint density at radius 1 is 1.11 bits per heavy atom. The summed E-state index contributed by atoms with van der Waals surface area (Å²) in [6.07, 6.45) is 0. The predicted molar refractivity (Wildman–Crippen MR) is 79.5 cm³/mol. The van der Waals surface area contributed by atoms with E-state index in [9.17, 15) is 0 Å². The van der Waals surface area contributed by atoms with Crippen LogP contribution in [0.1, 0.15) is 22.0 Å². The third-order valence-electron chi connectivity index (χ3n) is 3.24.